The molecule has 0 saturated carbocycles. The minimum atomic E-state index is -3.53. The van der Waals surface area contributed by atoms with Crippen LogP contribution >= 0.6 is 0 Å². The molecule has 106 valence electrons. The van der Waals surface area contributed by atoms with Gasteiger partial charge in [-0.3, -0.25) is 10.1 Å². The number of aromatic amines is 1. The minimum Gasteiger partial charge on any atom is -0.329 e. The summed E-state index contributed by atoms with van der Waals surface area (Å²) in [6, 6.07) is 4.03. The number of benzene rings is 1. The predicted octanol–water partition coefficient (Wildman–Crippen LogP) is 0.607. The molecule has 2 N–H and O–H groups in total. The molecule has 8 nitrogen and oxygen atoms in total. The summed E-state index contributed by atoms with van der Waals surface area (Å²) >= 11 is 0. The minimum absolute atomic E-state index is 0.104. The molecule has 0 spiro atoms. The normalized spacial score (nSPS) is 19.5. The zero-order chi connectivity index (χ0) is 14.3. The number of non-ortho nitro benzene ring substituents is 1. The van der Waals surface area contributed by atoms with Gasteiger partial charge in [0.25, 0.3) is 5.69 Å². The van der Waals surface area contributed by atoms with Crippen LogP contribution in [0.2, 0.25) is 0 Å². The van der Waals surface area contributed by atoms with Crippen LogP contribution in [0.4, 0.5) is 5.69 Å². The zero-order valence-corrected chi connectivity index (χ0v) is 11.2. The third kappa shape index (κ3) is 2.04. The summed E-state index contributed by atoms with van der Waals surface area (Å²) < 4.78 is 24.7. The molecule has 0 radical (unpaired) electrons. The number of nitrogens with one attached hydrogen (secondary N) is 2. The average Bonchev–Trinajstić information content (AvgIpc) is 3.07. The number of sulfone groups is 1. The van der Waals surface area contributed by atoms with E-state index in [1.165, 1.54) is 18.2 Å². The Morgan fingerprint density at radius 2 is 2.20 bits per heavy atom. The third-order valence-electron chi connectivity index (χ3n) is 3.38. The fraction of sp³-hybridized carbons (Fsp3) is 0.364. The third-order valence-corrected chi connectivity index (χ3v) is 5.39. The molecule has 1 aromatic carbocycles. The lowest BCUT2D eigenvalue weighted by Gasteiger charge is -2.06. The number of imidazole rings is 1. The molecule has 20 heavy (non-hydrogen) atoms. The first-order valence-electron chi connectivity index (χ1n) is 6.07. The number of nitro groups is 1. The second-order valence-electron chi connectivity index (χ2n) is 4.66. The molecule has 1 atom stereocenters. The van der Waals surface area contributed by atoms with Crippen LogP contribution < -0.4 is 5.32 Å². The van der Waals surface area contributed by atoms with Crippen LogP contribution in [0.15, 0.2) is 23.4 Å². The van der Waals surface area contributed by atoms with E-state index in [0.29, 0.717) is 30.5 Å². The van der Waals surface area contributed by atoms with Crippen LogP contribution in [-0.4, -0.2) is 41.6 Å². The Hall–Kier alpha value is -2.00. The highest BCUT2D eigenvalue weighted by molar-refractivity contribution is 7.91. The van der Waals surface area contributed by atoms with Gasteiger partial charge in [-0.1, -0.05) is 0 Å². The van der Waals surface area contributed by atoms with Crippen molar-refractivity contribution in [3.8, 4) is 0 Å². The van der Waals surface area contributed by atoms with Crippen molar-refractivity contribution in [3.63, 3.8) is 0 Å². The van der Waals surface area contributed by atoms with E-state index in [1.807, 2.05) is 0 Å². The molecule has 3 rings (SSSR count). The van der Waals surface area contributed by atoms with Crippen LogP contribution in [0.3, 0.4) is 0 Å². The van der Waals surface area contributed by atoms with E-state index < -0.39 is 20.0 Å². The van der Waals surface area contributed by atoms with Gasteiger partial charge >= 0.3 is 0 Å². The van der Waals surface area contributed by atoms with Crippen molar-refractivity contribution in [1.82, 2.24) is 15.3 Å². The Morgan fingerprint density at radius 3 is 2.85 bits per heavy atom. The Morgan fingerprint density at radius 1 is 1.40 bits per heavy atom. The molecule has 0 aliphatic carbocycles. The Labute approximate surface area is 114 Å². The molecule has 1 saturated heterocycles. The summed E-state index contributed by atoms with van der Waals surface area (Å²) in [6.07, 6.45) is 0.541. The van der Waals surface area contributed by atoms with Gasteiger partial charge in [0.15, 0.2) is 0 Å². The Bertz CT molecular complexity index is 777. The summed E-state index contributed by atoms with van der Waals surface area (Å²) in [5, 5.41) is 13.1. The van der Waals surface area contributed by atoms with Crippen molar-refractivity contribution in [2.24, 2.45) is 0 Å². The smallest absolute Gasteiger partial charge is 0.271 e. The number of nitro benzene ring substituents is 1. The zero-order valence-electron chi connectivity index (χ0n) is 10.4. The lowest BCUT2D eigenvalue weighted by Crippen LogP contribution is -2.24. The van der Waals surface area contributed by atoms with Gasteiger partial charge in [0, 0.05) is 18.7 Å². The molecule has 1 aliphatic rings. The van der Waals surface area contributed by atoms with Crippen LogP contribution in [0, 0.1) is 10.1 Å². The number of rotatable bonds is 3. The van der Waals surface area contributed by atoms with Gasteiger partial charge in [-0.15, -0.1) is 0 Å². The van der Waals surface area contributed by atoms with E-state index >= 15 is 0 Å². The van der Waals surface area contributed by atoms with Crippen LogP contribution in [0.25, 0.3) is 11.0 Å². The largest absolute Gasteiger partial charge is 0.329 e. The molecule has 1 aromatic heterocycles. The van der Waals surface area contributed by atoms with Gasteiger partial charge < -0.3 is 10.3 Å². The number of aromatic nitrogens is 2. The number of H-pyrrole nitrogens is 1. The molecular weight excluding hydrogens is 284 g/mol. The maximum atomic E-state index is 12.4. The first kappa shape index (κ1) is 13.0. The maximum Gasteiger partial charge on any atom is 0.271 e. The topological polar surface area (TPSA) is 118 Å². The molecular formula is C11H12N4O4S. The second-order valence-corrected chi connectivity index (χ2v) is 6.80. The Kier molecular flexibility index (Phi) is 2.94. The van der Waals surface area contributed by atoms with Gasteiger partial charge in [0.1, 0.15) is 0 Å². The fourth-order valence-corrected chi connectivity index (χ4v) is 3.83. The SMILES string of the molecule is O=[N+]([O-])c1ccc2nc(S(=O)(=O)C3CCNC3)[nH]c2c1. The van der Waals surface area contributed by atoms with Gasteiger partial charge in [-0.25, -0.2) is 13.4 Å². The van der Waals surface area contributed by atoms with Crippen molar-refractivity contribution < 1.29 is 13.3 Å². The lowest BCUT2D eigenvalue weighted by molar-refractivity contribution is -0.384. The molecule has 1 fully saturated rings. The fourth-order valence-electron chi connectivity index (χ4n) is 2.27. The second kappa shape index (κ2) is 4.53. The van der Waals surface area contributed by atoms with E-state index in [2.05, 4.69) is 15.3 Å². The first-order chi connectivity index (χ1) is 9.48. The van der Waals surface area contributed by atoms with E-state index in [4.69, 9.17) is 0 Å². The predicted molar refractivity (Wildman–Crippen MR) is 71.2 cm³/mol. The van der Waals surface area contributed by atoms with Crippen molar-refractivity contribution in [2.75, 3.05) is 13.1 Å². The van der Waals surface area contributed by atoms with Crippen molar-refractivity contribution in [3.05, 3.63) is 28.3 Å². The van der Waals surface area contributed by atoms with E-state index in [0.717, 1.165) is 0 Å². The summed E-state index contributed by atoms with van der Waals surface area (Å²) in [4.78, 5) is 16.9. The molecule has 9 heteroatoms. The Balaban J connectivity index is 2.06. The van der Waals surface area contributed by atoms with E-state index in [9.17, 15) is 18.5 Å². The quantitative estimate of drug-likeness (QED) is 0.632. The van der Waals surface area contributed by atoms with Gasteiger partial charge in [-0.05, 0) is 19.0 Å². The van der Waals surface area contributed by atoms with E-state index in [1.54, 1.807) is 0 Å². The molecule has 0 amide bonds. The highest BCUT2D eigenvalue weighted by Gasteiger charge is 2.32. The highest BCUT2D eigenvalue weighted by Crippen LogP contribution is 2.23. The summed E-state index contributed by atoms with van der Waals surface area (Å²) in [7, 11) is -3.53. The van der Waals surface area contributed by atoms with Crippen molar-refractivity contribution in [1.29, 1.82) is 0 Å². The van der Waals surface area contributed by atoms with Crippen molar-refractivity contribution in [2.45, 2.75) is 16.8 Å². The molecule has 2 heterocycles. The van der Waals surface area contributed by atoms with Crippen LogP contribution in [0.5, 0.6) is 0 Å². The van der Waals surface area contributed by atoms with E-state index in [-0.39, 0.29) is 10.8 Å². The van der Waals surface area contributed by atoms with Gasteiger partial charge in [0.05, 0.1) is 21.2 Å². The molecule has 0 bridgehead atoms. The maximum absolute atomic E-state index is 12.4. The van der Waals surface area contributed by atoms with Crippen molar-refractivity contribution >= 4 is 26.6 Å². The number of fused-ring (bicyclic) bond motifs is 1. The number of hydrogen-bond donors (Lipinski definition) is 2. The lowest BCUT2D eigenvalue weighted by atomic mass is 10.3. The number of hydrogen-bond acceptors (Lipinski definition) is 6. The molecule has 1 unspecified atom stereocenters. The van der Waals surface area contributed by atoms with Gasteiger partial charge in [0.2, 0.25) is 15.0 Å². The average molecular weight is 296 g/mol. The first-order valence-corrected chi connectivity index (χ1v) is 7.62. The summed E-state index contributed by atoms with van der Waals surface area (Å²) in [5.74, 6) is 0. The summed E-state index contributed by atoms with van der Waals surface area (Å²) in [5.41, 5.74) is 0.650. The highest BCUT2D eigenvalue weighted by atomic mass is 32.2. The molecule has 2 aromatic rings. The number of nitrogens with zero attached hydrogens (tertiary/aromatic N) is 2. The van der Waals surface area contributed by atoms with Crippen LogP contribution in [-0.2, 0) is 9.84 Å². The summed E-state index contributed by atoms with van der Waals surface area (Å²) in [6.45, 7) is 1.06. The monoisotopic (exact) mass is 296 g/mol. The van der Waals surface area contributed by atoms with Gasteiger partial charge in [-0.2, -0.15) is 0 Å². The molecule has 1 aliphatic heterocycles. The van der Waals surface area contributed by atoms with Crippen LogP contribution in [0.1, 0.15) is 6.42 Å². The standard InChI is InChI=1S/C11H12N4O4S/c16-15(17)7-1-2-9-10(5-7)14-11(13-9)20(18,19)8-3-4-12-6-8/h1-2,5,8,12H,3-4,6H2,(H,13,14).